The van der Waals surface area contributed by atoms with Crippen LogP contribution in [0.15, 0.2) is 42.5 Å². The summed E-state index contributed by atoms with van der Waals surface area (Å²) < 4.78 is 7.11. The third kappa shape index (κ3) is 5.09. The molecule has 0 saturated carbocycles. The first kappa shape index (κ1) is 23.0. The van der Waals surface area contributed by atoms with Gasteiger partial charge in [0.25, 0.3) is 5.91 Å². The van der Waals surface area contributed by atoms with Crippen LogP contribution in [0.3, 0.4) is 0 Å². The van der Waals surface area contributed by atoms with E-state index in [1.807, 2.05) is 61.3 Å². The number of rotatable bonds is 6. The Labute approximate surface area is 198 Å². The van der Waals surface area contributed by atoms with Gasteiger partial charge in [-0.25, -0.2) is 9.69 Å². The number of nitriles is 1. The number of carbonyl (C=O) groups is 1. The number of hydrogen-bond acceptors (Lipinski definition) is 5. The van der Waals surface area contributed by atoms with E-state index in [0.29, 0.717) is 55.5 Å². The van der Waals surface area contributed by atoms with E-state index in [-0.39, 0.29) is 5.91 Å². The molecule has 8 heteroatoms. The van der Waals surface area contributed by atoms with Crippen molar-refractivity contribution < 1.29 is 9.53 Å². The molecule has 2 heterocycles. The van der Waals surface area contributed by atoms with Gasteiger partial charge in [0.15, 0.2) is 5.69 Å². The van der Waals surface area contributed by atoms with Crippen molar-refractivity contribution in [2.45, 2.75) is 26.7 Å². The molecule has 2 aromatic carbocycles. The van der Waals surface area contributed by atoms with Crippen molar-refractivity contribution in [2.24, 2.45) is 0 Å². The van der Waals surface area contributed by atoms with Crippen LogP contribution in [-0.2, 0) is 11.2 Å². The highest BCUT2D eigenvalue weighted by atomic mass is 35.5. The molecule has 1 saturated heterocycles. The first-order chi connectivity index (χ1) is 16.0. The van der Waals surface area contributed by atoms with Crippen molar-refractivity contribution in [3.63, 3.8) is 0 Å². The quantitative estimate of drug-likeness (QED) is 0.591. The van der Waals surface area contributed by atoms with E-state index in [0.717, 1.165) is 27.9 Å². The van der Waals surface area contributed by atoms with Crippen LogP contribution in [0.2, 0.25) is 5.02 Å². The van der Waals surface area contributed by atoms with Gasteiger partial charge in [-0.3, -0.25) is 10.2 Å². The lowest BCUT2D eigenvalue weighted by Crippen LogP contribution is -2.48. The van der Waals surface area contributed by atoms with Crippen LogP contribution in [0, 0.1) is 25.2 Å². The predicted octanol–water partition coefficient (Wildman–Crippen LogP) is 4.24. The molecule has 1 aliphatic heterocycles. The Morgan fingerprint density at radius 2 is 1.91 bits per heavy atom. The molecule has 0 unspecified atom stereocenters. The van der Waals surface area contributed by atoms with E-state index in [2.05, 4.69) is 11.5 Å². The molecule has 0 spiro atoms. The largest absolute Gasteiger partial charge is 0.379 e. The zero-order chi connectivity index (χ0) is 23.4. The monoisotopic (exact) mass is 463 g/mol. The Morgan fingerprint density at radius 1 is 1.18 bits per heavy atom. The van der Waals surface area contributed by atoms with Gasteiger partial charge in [0.1, 0.15) is 0 Å². The van der Waals surface area contributed by atoms with Gasteiger partial charge in [0.2, 0.25) is 0 Å². The number of halogens is 1. The van der Waals surface area contributed by atoms with Gasteiger partial charge in [0.05, 0.1) is 35.7 Å². The summed E-state index contributed by atoms with van der Waals surface area (Å²) in [6.07, 6.45) is 1.17. The maximum Gasteiger partial charge on any atom is 0.286 e. The molecule has 4 rings (SSSR count). The van der Waals surface area contributed by atoms with E-state index < -0.39 is 0 Å². The number of aryl methyl sites for hydroxylation is 2. The molecule has 1 fully saturated rings. The minimum atomic E-state index is -0.261. The Balaban J connectivity index is 1.76. The van der Waals surface area contributed by atoms with Gasteiger partial charge in [-0.15, -0.1) is 0 Å². The van der Waals surface area contributed by atoms with E-state index in [1.165, 1.54) is 0 Å². The van der Waals surface area contributed by atoms with Crippen LogP contribution in [0.25, 0.3) is 16.9 Å². The van der Waals surface area contributed by atoms with Crippen LogP contribution < -0.4 is 5.43 Å². The number of aromatic nitrogens is 2. The van der Waals surface area contributed by atoms with Crippen molar-refractivity contribution in [3.8, 4) is 23.0 Å². The molecule has 0 aliphatic carbocycles. The van der Waals surface area contributed by atoms with Gasteiger partial charge in [-0.2, -0.15) is 10.4 Å². The van der Waals surface area contributed by atoms with Crippen LogP contribution in [0.4, 0.5) is 0 Å². The molecule has 170 valence electrons. The summed E-state index contributed by atoms with van der Waals surface area (Å²) in [5.41, 5.74) is 8.63. The smallest absolute Gasteiger partial charge is 0.286 e. The van der Waals surface area contributed by atoms with Gasteiger partial charge in [-0.05, 0) is 43.5 Å². The highest BCUT2D eigenvalue weighted by Gasteiger charge is 2.25. The molecular weight excluding hydrogens is 438 g/mol. The number of morpholine rings is 1. The molecule has 1 amide bonds. The highest BCUT2D eigenvalue weighted by molar-refractivity contribution is 6.32. The fourth-order valence-electron chi connectivity index (χ4n) is 3.91. The van der Waals surface area contributed by atoms with E-state index >= 15 is 0 Å². The Hall–Kier alpha value is -3.18. The van der Waals surface area contributed by atoms with Crippen LogP contribution >= 0.6 is 11.6 Å². The van der Waals surface area contributed by atoms with Gasteiger partial charge in [-0.1, -0.05) is 41.9 Å². The topological polar surface area (TPSA) is 83.2 Å². The number of carbonyl (C=O) groups excluding carboxylic acids is 1. The normalized spacial score (nSPS) is 14.1. The summed E-state index contributed by atoms with van der Waals surface area (Å²) in [5, 5.41) is 16.0. The number of nitrogens with zero attached hydrogens (tertiary/aromatic N) is 4. The lowest BCUT2D eigenvalue weighted by atomic mass is 10.0. The Bertz CT molecular complexity index is 1190. The molecule has 0 radical (unpaired) electrons. The summed E-state index contributed by atoms with van der Waals surface area (Å²) in [5.74, 6) is -0.261. The average molecular weight is 464 g/mol. The number of hydrogen-bond donors (Lipinski definition) is 1. The van der Waals surface area contributed by atoms with Crippen molar-refractivity contribution in [2.75, 3.05) is 26.3 Å². The maximum atomic E-state index is 13.1. The molecule has 33 heavy (non-hydrogen) atoms. The third-order valence-corrected chi connectivity index (χ3v) is 5.99. The lowest BCUT2D eigenvalue weighted by molar-refractivity contribution is 0.0124. The van der Waals surface area contributed by atoms with Crippen molar-refractivity contribution in [3.05, 3.63) is 69.9 Å². The summed E-state index contributed by atoms with van der Waals surface area (Å²) in [6.45, 7) is 6.30. The fourth-order valence-corrected chi connectivity index (χ4v) is 4.22. The SMILES string of the molecule is Cc1ccc(-n2nc(C(=O)NN3CCOCC3)c(C)c2-c2ccc(CCC#N)cc2)c(Cl)c1. The Kier molecular flexibility index (Phi) is 7.09. The molecule has 3 aromatic rings. The second kappa shape index (κ2) is 10.2. The second-order valence-electron chi connectivity index (χ2n) is 8.08. The second-order valence-corrected chi connectivity index (χ2v) is 8.49. The summed E-state index contributed by atoms with van der Waals surface area (Å²) >= 11 is 6.59. The molecule has 1 aliphatic rings. The molecule has 1 aromatic heterocycles. The van der Waals surface area contributed by atoms with Gasteiger partial charge < -0.3 is 4.74 Å². The maximum absolute atomic E-state index is 13.1. The standard InChI is InChI=1S/C25H26ClN5O2/c1-17-5-10-22(21(26)16-17)31-24(20-8-6-19(7-9-20)4-3-11-27)18(2)23(28-31)25(32)29-30-12-14-33-15-13-30/h5-10,16H,3-4,12-15H2,1-2H3,(H,29,32). The minimum absolute atomic E-state index is 0.261. The van der Waals surface area contributed by atoms with E-state index in [9.17, 15) is 4.79 Å². The number of nitrogens with one attached hydrogen (secondary N) is 1. The van der Waals surface area contributed by atoms with E-state index in [4.69, 9.17) is 26.7 Å². The predicted molar refractivity (Wildman–Crippen MR) is 127 cm³/mol. The minimum Gasteiger partial charge on any atom is -0.379 e. The number of amides is 1. The van der Waals surface area contributed by atoms with Crippen molar-refractivity contribution >= 4 is 17.5 Å². The fraction of sp³-hybridized carbons (Fsp3) is 0.320. The van der Waals surface area contributed by atoms with Crippen molar-refractivity contribution in [1.82, 2.24) is 20.2 Å². The zero-order valence-corrected chi connectivity index (χ0v) is 19.5. The first-order valence-corrected chi connectivity index (χ1v) is 11.3. The van der Waals surface area contributed by atoms with E-state index in [1.54, 1.807) is 4.68 Å². The summed E-state index contributed by atoms with van der Waals surface area (Å²) in [4.78, 5) is 13.1. The van der Waals surface area contributed by atoms with Gasteiger partial charge >= 0.3 is 0 Å². The first-order valence-electron chi connectivity index (χ1n) is 10.9. The summed E-state index contributed by atoms with van der Waals surface area (Å²) in [7, 11) is 0. The van der Waals surface area contributed by atoms with Crippen LogP contribution in [-0.4, -0.2) is 47.0 Å². The van der Waals surface area contributed by atoms with Crippen LogP contribution in [0.1, 0.15) is 33.6 Å². The Morgan fingerprint density at radius 3 is 2.58 bits per heavy atom. The van der Waals surface area contributed by atoms with Crippen molar-refractivity contribution in [1.29, 1.82) is 5.26 Å². The van der Waals surface area contributed by atoms with Crippen LogP contribution in [0.5, 0.6) is 0 Å². The summed E-state index contributed by atoms with van der Waals surface area (Å²) in [6, 6.07) is 16.0. The number of hydrazine groups is 1. The third-order valence-electron chi connectivity index (χ3n) is 5.69. The molecule has 0 atom stereocenters. The molecule has 0 bridgehead atoms. The lowest BCUT2D eigenvalue weighted by Gasteiger charge is -2.26. The van der Waals surface area contributed by atoms with Gasteiger partial charge in [0, 0.05) is 30.6 Å². The molecule has 7 nitrogen and oxygen atoms in total. The zero-order valence-electron chi connectivity index (χ0n) is 18.8. The molecular formula is C25H26ClN5O2. The highest BCUT2D eigenvalue weighted by Crippen LogP contribution is 2.32. The molecule has 1 N–H and O–H groups in total. The average Bonchev–Trinajstić information content (AvgIpc) is 3.15. The number of ether oxygens (including phenoxy) is 1. The number of benzene rings is 2.